The summed E-state index contributed by atoms with van der Waals surface area (Å²) in [6, 6.07) is -0.625. The van der Waals surface area contributed by atoms with Crippen LogP contribution in [0.2, 0.25) is 0 Å². The van der Waals surface area contributed by atoms with Crippen LogP contribution in [-0.2, 0) is 4.79 Å². The van der Waals surface area contributed by atoms with Crippen LogP contribution in [0.25, 0.3) is 0 Å². The third kappa shape index (κ3) is 3.97. The second kappa shape index (κ2) is 6.21. The van der Waals surface area contributed by atoms with Gasteiger partial charge < -0.3 is 16.4 Å². The van der Waals surface area contributed by atoms with Gasteiger partial charge in [-0.25, -0.2) is 0 Å². The summed E-state index contributed by atoms with van der Waals surface area (Å²) >= 11 is 0. The number of aromatic amines is 1. The van der Waals surface area contributed by atoms with Crippen molar-refractivity contribution in [3.8, 4) is 0 Å². The molecule has 1 aromatic heterocycles. The molecule has 106 valence electrons. The highest BCUT2D eigenvalue weighted by atomic mass is 16.2. The molecule has 0 saturated carbocycles. The average molecular weight is 267 g/mol. The predicted molar refractivity (Wildman–Crippen MR) is 72.5 cm³/mol. The summed E-state index contributed by atoms with van der Waals surface area (Å²) in [5, 5.41) is 11.7. The number of hydrogen-bond acceptors (Lipinski definition) is 4. The number of nitrogens with one attached hydrogen (secondary N) is 3. The van der Waals surface area contributed by atoms with Crippen molar-refractivity contribution in [2.24, 2.45) is 5.92 Å². The number of nitrogens with zero attached hydrogens (tertiary/aromatic N) is 1. The highest BCUT2D eigenvalue weighted by Gasteiger charge is 2.21. The van der Waals surface area contributed by atoms with E-state index in [0.29, 0.717) is 18.2 Å². The number of aryl methyl sites for hydroxylation is 1. The fourth-order valence-electron chi connectivity index (χ4n) is 1.53. The Morgan fingerprint density at radius 3 is 2.47 bits per heavy atom. The highest BCUT2D eigenvalue weighted by molar-refractivity contribution is 6.01. The average Bonchev–Trinajstić information content (AvgIpc) is 2.65. The highest BCUT2D eigenvalue weighted by Crippen LogP contribution is 2.11. The first-order chi connectivity index (χ1) is 8.82. The van der Waals surface area contributed by atoms with Gasteiger partial charge in [-0.15, -0.1) is 0 Å². The molecule has 0 saturated heterocycles. The summed E-state index contributed by atoms with van der Waals surface area (Å²) in [4.78, 5) is 23.7. The molecule has 0 radical (unpaired) electrons. The monoisotopic (exact) mass is 267 g/mol. The van der Waals surface area contributed by atoms with Crippen LogP contribution in [0.4, 0.5) is 5.82 Å². The van der Waals surface area contributed by atoms with Crippen molar-refractivity contribution in [2.75, 3.05) is 12.3 Å². The van der Waals surface area contributed by atoms with Crippen molar-refractivity contribution in [3.05, 3.63) is 11.3 Å². The number of anilines is 1. The molecular weight excluding hydrogens is 246 g/mol. The molecule has 0 aliphatic rings. The topological polar surface area (TPSA) is 113 Å². The smallest absolute Gasteiger partial charge is 0.257 e. The summed E-state index contributed by atoms with van der Waals surface area (Å²) < 4.78 is 0. The molecule has 2 amide bonds. The molecule has 5 N–H and O–H groups in total. The minimum atomic E-state index is -0.625. The Balaban J connectivity index is 2.59. The Morgan fingerprint density at radius 2 is 2.00 bits per heavy atom. The van der Waals surface area contributed by atoms with Gasteiger partial charge in [-0.3, -0.25) is 14.7 Å². The van der Waals surface area contributed by atoms with E-state index in [-0.39, 0.29) is 17.3 Å². The molecule has 1 rings (SSSR count). The van der Waals surface area contributed by atoms with Gasteiger partial charge >= 0.3 is 0 Å². The Bertz CT molecular complexity index is 447. The number of carbonyl (C=O) groups excluding carboxylic acids is 2. The van der Waals surface area contributed by atoms with Gasteiger partial charge in [0, 0.05) is 12.2 Å². The molecule has 0 bridgehead atoms. The second-order valence-electron chi connectivity index (χ2n) is 4.94. The molecule has 0 aliphatic carbocycles. The van der Waals surface area contributed by atoms with E-state index in [9.17, 15) is 9.59 Å². The van der Waals surface area contributed by atoms with Gasteiger partial charge in [-0.05, 0) is 19.8 Å². The Labute approximate surface area is 112 Å². The number of amides is 2. The SMILES string of the molecule is Cc1[nH]nc(N)c1C(=O)NC(C)C(=O)NCC(C)C. The zero-order valence-corrected chi connectivity index (χ0v) is 11.7. The maximum atomic E-state index is 12.0. The second-order valence-corrected chi connectivity index (χ2v) is 4.94. The summed E-state index contributed by atoms with van der Waals surface area (Å²) in [7, 11) is 0. The fourth-order valence-corrected chi connectivity index (χ4v) is 1.53. The van der Waals surface area contributed by atoms with Crippen molar-refractivity contribution in [2.45, 2.75) is 33.7 Å². The van der Waals surface area contributed by atoms with Gasteiger partial charge in [-0.2, -0.15) is 5.10 Å². The van der Waals surface area contributed by atoms with Gasteiger partial charge in [-0.1, -0.05) is 13.8 Å². The molecule has 0 fully saturated rings. The van der Waals surface area contributed by atoms with Gasteiger partial charge in [0.2, 0.25) is 5.91 Å². The van der Waals surface area contributed by atoms with Crippen LogP contribution in [0, 0.1) is 12.8 Å². The van der Waals surface area contributed by atoms with E-state index in [0.717, 1.165) is 0 Å². The molecule has 0 aliphatic heterocycles. The third-order valence-corrected chi connectivity index (χ3v) is 2.63. The maximum Gasteiger partial charge on any atom is 0.257 e. The van der Waals surface area contributed by atoms with Crippen LogP contribution < -0.4 is 16.4 Å². The van der Waals surface area contributed by atoms with Crippen molar-refractivity contribution in [3.63, 3.8) is 0 Å². The number of carbonyl (C=O) groups is 2. The normalized spacial score (nSPS) is 12.3. The Morgan fingerprint density at radius 1 is 1.37 bits per heavy atom. The predicted octanol–water partition coefficient (Wildman–Crippen LogP) is 0.191. The first-order valence-electron chi connectivity index (χ1n) is 6.22. The fraction of sp³-hybridized carbons (Fsp3) is 0.583. The van der Waals surface area contributed by atoms with E-state index in [2.05, 4.69) is 20.8 Å². The lowest BCUT2D eigenvalue weighted by Gasteiger charge is -2.15. The van der Waals surface area contributed by atoms with Crippen LogP contribution >= 0.6 is 0 Å². The van der Waals surface area contributed by atoms with Crippen molar-refractivity contribution >= 4 is 17.6 Å². The molecule has 1 unspecified atom stereocenters. The van der Waals surface area contributed by atoms with Crippen molar-refractivity contribution in [1.82, 2.24) is 20.8 Å². The largest absolute Gasteiger partial charge is 0.382 e. The molecular formula is C12H21N5O2. The Hall–Kier alpha value is -2.05. The van der Waals surface area contributed by atoms with E-state index in [4.69, 9.17) is 5.73 Å². The van der Waals surface area contributed by atoms with E-state index in [1.165, 1.54) is 0 Å². The quantitative estimate of drug-likeness (QED) is 0.610. The minimum absolute atomic E-state index is 0.129. The first kappa shape index (κ1) is 15.0. The number of hydrogen-bond donors (Lipinski definition) is 4. The molecule has 7 heteroatoms. The Kier molecular flexibility index (Phi) is 4.91. The molecule has 0 aromatic carbocycles. The van der Waals surface area contributed by atoms with E-state index in [1.54, 1.807) is 13.8 Å². The number of H-pyrrole nitrogens is 1. The van der Waals surface area contributed by atoms with Crippen molar-refractivity contribution in [1.29, 1.82) is 0 Å². The van der Waals surface area contributed by atoms with Crippen LogP contribution in [0.3, 0.4) is 0 Å². The van der Waals surface area contributed by atoms with E-state index >= 15 is 0 Å². The molecule has 7 nitrogen and oxygen atoms in total. The molecule has 1 atom stereocenters. The van der Waals surface area contributed by atoms with Gasteiger partial charge in [0.05, 0.1) is 0 Å². The van der Waals surface area contributed by atoms with Gasteiger partial charge in [0.15, 0.2) is 5.82 Å². The van der Waals surface area contributed by atoms with E-state index < -0.39 is 11.9 Å². The van der Waals surface area contributed by atoms with Crippen LogP contribution in [0.5, 0.6) is 0 Å². The number of aromatic nitrogens is 2. The third-order valence-electron chi connectivity index (χ3n) is 2.63. The number of nitrogens with two attached hydrogens (primary N) is 1. The summed E-state index contributed by atoms with van der Waals surface area (Å²) in [5.41, 5.74) is 6.44. The van der Waals surface area contributed by atoms with Crippen LogP contribution in [0.15, 0.2) is 0 Å². The van der Waals surface area contributed by atoms with Gasteiger partial charge in [0.1, 0.15) is 11.6 Å². The minimum Gasteiger partial charge on any atom is -0.382 e. The van der Waals surface area contributed by atoms with Gasteiger partial charge in [0.25, 0.3) is 5.91 Å². The lowest BCUT2D eigenvalue weighted by molar-refractivity contribution is -0.122. The van der Waals surface area contributed by atoms with Crippen molar-refractivity contribution < 1.29 is 9.59 Å². The lowest BCUT2D eigenvalue weighted by Crippen LogP contribution is -2.45. The lowest BCUT2D eigenvalue weighted by atomic mass is 10.2. The molecule has 1 aromatic rings. The molecule has 1 heterocycles. The van der Waals surface area contributed by atoms with Crippen LogP contribution in [0.1, 0.15) is 36.8 Å². The standard InChI is InChI=1S/C12H21N5O2/c1-6(2)5-14-11(18)8(4)15-12(19)9-7(3)16-17-10(9)13/h6,8H,5H2,1-4H3,(H,14,18)(H,15,19)(H3,13,16,17). The summed E-state index contributed by atoms with van der Waals surface area (Å²) in [6.07, 6.45) is 0. The summed E-state index contributed by atoms with van der Waals surface area (Å²) in [6.45, 7) is 7.89. The maximum absolute atomic E-state index is 12.0. The molecule has 0 spiro atoms. The van der Waals surface area contributed by atoms with Crippen LogP contribution in [-0.4, -0.2) is 34.6 Å². The summed E-state index contributed by atoms with van der Waals surface area (Å²) in [5.74, 6) is -0.138. The number of rotatable bonds is 5. The number of nitrogen functional groups attached to an aromatic ring is 1. The molecule has 19 heavy (non-hydrogen) atoms. The zero-order chi connectivity index (χ0) is 14.6. The zero-order valence-electron chi connectivity index (χ0n) is 11.7. The first-order valence-corrected chi connectivity index (χ1v) is 6.22. The van der Waals surface area contributed by atoms with E-state index in [1.807, 2.05) is 13.8 Å².